The molecule has 0 saturated heterocycles. The number of halogens is 3. The van der Waals surface area contributed by atoms with Gasteiger partial charge in [0.1, 0.15) is 0 Å². The molecule has 0 spiro atoms. The van der Waals surface area contributed by atoms with Gasteiger partial charge in [-0.25, -0.2) is 4.39 Å². The number of hydrogen-bond acceptors (Lipinski definition) is 2. The summed E-state index contributed by atoms with van der Waals surface area (Å²) in [6.07, 6.45) is 0. The number of rotatable bonds is 5. The molecule has 0 saturated carbocycles. The third kappa shape index (κ3) is 4.20. The summed E-state index contributed by atoms with van der Waals surface area (Å²) in [4.78, 5) is 0. The molecule has 1 unspecified atom stereocenters. The molecule has 0 fully saturated rings. The summed E-state index contributed by atoms with van der Waals surface area (Å²) in [5.41, 5.74) is 1.82. The van der Waals surface area contributed by atoms with Crippen LogP contribution in [0.25, 0.3) is 0 Å². The Hall–Kier alpha value is -1.07. The van der Waals surface area contributed by atoms with Gasteiger partial charge in [0.2, 0.25) is 0 Å². The normalized spacial score (nSPS) is 12.0. The second-order valence-electron chi connectivity index (χ2n) is 4.61. The first-order chi connectivity index (χ1) is 10.0. The van der Waals surface area contributed by atoms with Crippen molar-refractivity contribution in [1.29, 1.82) is 0 Å². The molecule has 2 aromatic carbocycles. The van der Waals surface area contributed by atoms with Crippen LogP contribution in [0.5, 0.6) is 5.75 Å². The lowest BCUT2D eigenvalue weighted by Crippen LogP contribution is -2.07. The number of ether oxygens (including phenoxy) is 1. The van der Waals surface area contributed by atoms with E-state index in [0.717, 1.165) is 20.2 Å². The lowest BCUT2D eigenvalue weighted by Gasteiger charge is -2.18. The monoisotopic (exact) mass is 415 g/mol. The standard InChI is InChI=1S/C16H16Br2FNO/c1-3-21-16-7-5-12(9-15(16)19)20-10(2)13-6-4-11(17)8-14(13)18/h4-10,20H,3H2,1-2H3. The first kappa shape index (κ1) is 16.3. The van der Waals surface area contributed by atoms with Crippen LogP contribution < -0.4 is 10.1 Å². The lowest BCUT2D eigenvalue weighted by molar-refractivity contribution is 0.321. The zero-order valence-corrected chi connectivity index (χ0v) is 15.0. The van der Waals surface area contributed by atoms with Crippen molar-refractivity contribution in [2.24, 2.45) is 0 Å². The van der Waals surface area contributed by atoms with Crippen LogP contribution in [-0.4, -0.2) is 6.61 Å². The fourth-order valence-electron chi connectivity index (χ4n) is 2.04. The highest BCUT2D eigenvalue weighted by Crippen LogP contribution is 2.30. The smallest absolute Gasteiger partial charge is 0.167 e. The maximum Gasteiger partial charge on any atom is 0.167 e. The molecule has 2 aromatic rings. The Morgan fingerprint density at radius 3 is 2.57 bits per heavy atom. The summed E-state index contributed by atoms with van der Waals surface area (Å²) in [5.74, 6) is -0.0792. The molecule has 1 N–H and O–H groups in total. The van der Waals surface area contributed by atoms with Crippen LogP contribution >= 0.6 is 31.9 Å². The third-order valence-corrected chi connectivity index (χ3v) is 4.22. The van der Waals surface area contributed by atoms with Crippen molar-refractivity contribution >= 4 is 37.5 Å². The van der Waals surface area contributed by atoms with Gasteiger partial charge in [-0.15, -0.1) is 0 Å². The third-order valence-electron chi connectivity index (χ3n) is 3.04. The SMILES string of the molecule is CCOc1ccc(NC(C)c2ccc(Br)cc2Br)cc1F. The number of nitrogens with one attached hydrogen (secondary N) is 1. The minimum absolute atomic E-state index is 0.0461. The molecule has 21 heavy (non-hydrogen) atoms. The van der Waals surface area contributed by atoms with Crippen molar-refractivity contribution in [3.63, 3.8) is 0 Å². The van der Waals surface area contributed by atoms with E-state index in [-0.39, 0.29) is 17.6 Å². The van der Waals surface area contributed by atoms with Crippen molar-refractivity contribution in [2.45, 2.75) is 19.9 Å². The van der Waals surface area contributed by atoms with Gasteiger partial charge in [-0.2, -0.15) is 0 Å². The van der Waals surface area contributed by atoms with Crippen LogP contribution in [0.1, 0.15) is 25.5 Å². The average Bonchev–Trinajstić information content (AvgIpc) is 2.41. The van der Waals surface area contributed by atoms with Gasteiger partial charge in [-0.05, 0) is 43.7 Å². The Kier molecular flexibility index (Phi) is 5.65. The Labute approximate surface area is 141 Å². The van der Waals surface area contributed by atoms with E-state index in [1.54, 1.807) is 6.07 Å². The van der Waals surface area contributed by atoms with E-state index in [9.17, 15) is 4.39 Å². The summed E-state index contributed by atoms with van der Waals surface area (Å²) in [6.45, 7) is 4.31. The highest BCUT2D eigenvalue weighted by molar-refractivity contribution is 9.11. The quantitative estimate of drug-likeness (QED) is 0.652. The zero-order chi connectivity index (χ0) is 15.4. The molecular weight excluding hydrogens is 401 g/mol. The topological polar surface area (TPSA) is 21.3 Å². The first-order valence-corrected chi connectivity index (χ1v) is 8.23. The lowest BCUT2D eigenvalue weighted by atomic mass is 10.1. The van der Waals surface area contributed by atoms with E-state index in [2.05, 4.69) is 37.2 Å². The van der Waals surface area contributed by atoms with Crippen molar-refractivity contribution < 1.29 is 9.13 Å². The summed E-state index contributed by atoms with van der Waals surface area (Å²) in [5, 5.41) is 3.29. The van der Waals surface area contributed by atoms with E-state index in [4.69, 9.17) is 4.74 Å². The van der Waals surface area contributed by atoms with Crippen molar-refractivity contribution in [3.8, 4) is 5.75 Å². The maximum atomic E-state index is 13.8. The molecule has 5 heteroatoms. The van der Waals surface area contributed by atoms with Crippen molar-refractivity contribution in [1.82, 2.24) is 0 Å². The molecule has 0 aromatic heterocycles. The predicted octanol–water partition coefficient (Wildman–Crippen LogP) is 5.92. The Bertz CT molecular complexity index is 634. The number of benzene rings is 2. The summed E-state index contributed by atoms with van der Waals surface area (Å²) >= 11 is 6.97. The van der Waals surface area contributed by atoms with Gasteiger partial charge in [0.05, 0.1) is 6.61 Å². The predicted molar refractivity (Wildman–Crippen MR) is 91.4 cm³/mol. The summed E-state index contributed by atoms with van der Waals surface area (Å²) < 4.78 is 21.1. The first-order valence-electron chi connectivity index (χ1n) is 6.65. The molecule has 112 valence electrons. The minimum atomic E-state index is -0.357. The fourth-order valence-corrected chi connectivity index (χ4v) is 3.43. The van der Waals surface area contributed by atoms with E-state index in [1.807, 2.05) is 38.1 Å². The Morgan fingerprint density at radius 1 is 1.19 bits per heavy atom. The van der Waals surface area contributed by atoms with E-state index >= 15 is 0 Å². The summed E-state index contributed by atoms with van der Waals surface area (Å²) in [6, 6.07) is 11.0. The van der Waals surface area contributed by atoms with Gasteiger partial charge in [0, 0.05) is 26.7 Å². The van der Waals surface area contributed by atoms with Crippen molar-refractivity contribution in [2.75, 3.05) is 11.9 Å². The molecular formula is C16H16Br2FNO. The van der Waals surface area contributed by atoms with Gasteiger partial charge < -0.3 is 10.1 Å². The van der Waals surface area contributed by atoms with Crippen LogP contribution in [0.15, 0.2) is 45.3 Å². The van der Waals surface area contributed by atoms with Gasteiger partial charge in [-0.3, -0.25) is 0 Å². The molecule has 0 aliphatic rings. The van der Waals surface area contributed by atoms with Crippen LogP contribution in [0.3, 0.4) is 0 Å². The fraction of sp³-hybridized carbons (Fsp3) is 0.250. The number of hydrogen-bond donors (Lipinski definition) is 1. The molecule has 0 heterocycles. The van der Waals surface area contributed by atoms with Gasteiger partial charge in [0.25, 0.3) is 0 Å². The highest BCUT2D eigenvalue weighted by Gasteiger charge is 2.11. The molecule has 1 atom stereocenters. The number of anilines is 1. The molecule has 0 aliphatic carbocycles. The zero-order valence-electron chi connectivity index (χ0n) is 11.8. The molecule has 0 bridgehead atoms. The van der Waals surface area contributed by atoms with E-state index in [0.29, 0.717) is 6.61 Å². The minimum Gasteiger partial charge on any atom is -0.491 e. The highest BCUT2D eigenvalue weighted by atomic mass is 79.9. The van der Waals surface area contributed by atoms with Crippen LogP contribution in [-0.2, 0) is 0 Å². The molecule has 2 nitrogen and oxygen atoms in total. The molecule has 2 rings (SSSR count). The Balaban J connectivity index is 2.15. The van der Waals surface area contributed by atoms with Crippen LogP contribution in [0, 0.1) is 5.82 Å². The second-order valence-corrected chi connectivity index (χ2v) is 6.38. The van der Waals surface area contributed by atoms with Crippen molar-refractivity contribution in [3.05, 3.63) is 56.7 Å². The van der Waals surface area contributed by atoms with Crippen LogP contribution in [0.2, 0.25) is 0 Å². The van der Waals surface area contributed by atoms with Gasteiger partial charge in [-0.1, -0.05) is 37.9 Å². The van der Waals surface area contributed by atoms with E-state index in [1.165, 1.54) is 6.07 Å². The van der Waals surface area contributed by atoms with Gasteiger partial charge in [0.15, 0.2) is 11.6 Å². The van der Waals surface area contributed by atoms with E-state index < -0.39 is 0 Å². The molecule has 0 aliphatic heterocycles. The average molecular weight is 417 g/mol. The summed E-state index contributed by atoms with van der Waals surface area (Å²) in [7, 11) is 0. The molecule has 0 radical (unpaired) electrons. The Morgan fingerprint density at radius 2 is 1.95 bits per heavy atom. The maximum absolute atomic E-state index is 13.8. The largest absolute Gasteiger partial charge is 0.491 e. The molecule has 0 amide bonds. The van der Waals surface area contributed by atoms with Gasteiger partial charge >= 0.3 is 0 Å². The van der Waals surface area contributed by atoms with Crippen LogP contribution in [0.4, 0.5) is 10.1 Å². The second kappa shape index (κ2) is 7.27.